The molecule has 0 radical (unpaired) electrons. The van der Waals surface area contributed by atoms with Gasteiger partial charge in [0.15, 0.2) is 0 Å². The van der Waals surface area contributed by atoms with Gasteiger partial charge in [-0.2, -0.15) is 4.31 Å². The Balaban J connectivity index is 1.47. The Hall–Kier alpha value is -2.23. The third kappa shape index (κ3) is 5.43. The molecule has 0 bridgehead atoms. The second-order valence-corrected chi connectivity index (χ2v) is 9.46. The lowest BCUT2D eigenvalue weighted by atomic mass is 10.2. The van der Waals surface area contributed by atoms with E-state index in [0.29, 0.717) is 18.7 Å². The Bertz CT molecular complexity index is 957. The van der Waals surface area contributed by atoms with Crippen molar-refractivity contribution in [3.8, 4) is 0 Å². The number of rotatable bonds is 6. The van der Waals surface area contributed by atoms with Crippen molar-refractivity contribution in [2.24, 2.45) is 0 Å². The van der Waals surface area contributed by atoms with E-state index in [1.165, 1.54) is 4.31 Å². The summed E-state index contributed by atoms with van der Waals surface area (Å²) in [7, 11) is -3.57. The predicted octanol–water partition coefficient (Wildman–Crippen LogP) is 2.10. The highest BCUT2D eigenvalue weighted by Gasteiger charge is 2.29. The normalized spacial score (nSPS) is 15.1. The molecule has 3 rings (SSSR count). The van der Waals surface area contributed by atoms with Crippen LogP contribution in [0.1, 0.15) is 16.8 Å². The van der Waals surface area contributed by atoms with Gasteiger partial charge >= 0.3 is 0 Å². The molecule has 1 N–H and O–H groups in total. The van der Waals surface area contributed by atoms with Crippen molar-refractivity contribution in [3.63, 3.8) is 0 Å². The van der Waals surface area contributed by atoms with Crippen LogP contribution in [0.25, 0.3) is 0 Å². The minimum Gasteiger partial charge on any atom is -0.352 e. The summed E-state index contributed by atoms with van der Waals surface area (Å²) < 4.78 is 27.6. The van der Waals surface area contributed by atoms with Crippen molar-refractivity contribution in [2.45, 2.75) is 11.3 Å². The summed E-state index contributed by atoms with van der Waals surface area (Å²) in [4.78, 5) is 26.3. The number of piperazine rings is 1. The number of halogens is 1. The lowest BCUT2D eigenvalue weighted by molar-refractivity contribution is -0.132. The number of hydrogen-bond donors (Lipinski definition) is 1. The number of nitrogens with zero attached hydrogens (tertiary/aromatic N) is 2. The molecule has 0 aliphatic carbocycles. The Morgan fingerprint density at radius 1 is 0.931 bits per heavy atom. The highest BCUT2D eigenvalue weighted by Crippen LogP contribution is 2.20. The predicted molar refractivity (Wildman–Crippen MR) is 113 cm³/mol. The summed E-state index contributed by atoms with van der Waals surface area (Å²) in [5.41, 5.74) is 0.548. The van der Waals surface area contributed by atoms with Crippen molar-refractivity contribution in [1.29, 1.82) is 0 Å². The summed E-state index contributed by atoms with van der Waals surface area (Å²) in [6.45, 7) is 1.41. The summed E-state index contributed by atoms with van der Waals surface area (Å²) in [6, 6.07) is 15.3. The van der Waals surface area contributed by atoms with Crippen LogP contribution in [0.4, 0.5) is 0 Å². The molecule has 9 heteroatoms. The molecule has 0 unspecified atom stereocenters. The van der Waals surface area contributed by atoms with Crippen LogP contribution in [-0.4, -0.2) is 62.2 Å². The van der Waals surface area contributed by atoms with Crippen LogP contribution in [0.2, 0.25) is 0 Å². The lowest BCUT2D eigenvalue weighted by Gasteiger charge is -2.34. The molecule has 1 aliphatic rings. The van der Waals surface area contributed by atoms with Gasteiger partial charge in [0.05, 0.1) is 4.90 Å². The minimum atomic E-state index is -3.57. The van der Waals surface area contributed by atoms with Crippen molar-refractivity contribution < 1.29 is 18.0 Å². The topological polar surface area (TPSA) is 86.8 Å². The first kappa shape index (κ1) is 21.5. The zero-order chi connectivity index (χ0) is 20.9. The Kier molecular flexibility index (Phi) is 7.05. The van der Waals surface area contributed by atoms with E-state index in [1.807, 2.05) is 6.07 Å². The van der Waals surface area contributed by atoms with Crippen LogP contribution in [0, 0.1) is 0 Å². The van der Waals surface area contributed by atoms with Gasteiger partial charge in [-0.25, -0.2) is 8.42 Å². The van der Waals surface area contributed by atoms with Crippen LogP contribution in [0.3, 0.4) is 0 Å². The summed E-state index contributed by atoms with van der Waals surface area (Å²) in [5, 5.41) is 2.73. The van der Waals surface area contributed by atoms with Crippen LogP contribution < -0.4 is 5.32 Å². The number of carbonyl (C=O) groups is 2. The molecule has 2 aromatic carbocycles. The molecule has 0 aromatic heterocycles. The molecule has 154 valence electrons. The van der Waals surface area contributed by atoms with Crippen LogP contribution >= 0.6 is 15.9 Å². The van der Waals surface area contributed by atoms with E-state index in [1.54, 1.807) is 53.4 Å². The molecule has 29 heavy (non-hydrogen) atoms. The van der Waals surface area contributed by atoms with E-state index in [0.717, 1.165) is 4.47 Å². The molecular formula is C20H22BrN3O4S. The van der Waals surface area contributed by atoms with Gasteiger partial charge < -0.3 is 10.2 Å². The Labute approximate surface area is 178 Å². The maximum Gasteiger partial charge on any atom is 0.251 e. The molecule has 7 nitrogen and oxygen atoms in total. The van der Waals surface area contributed by atoms with Crippen molar-refractivity contribution in [2.75, 3.05) is 32.7 Å². The van der Waals surface area contributed by atoms with E-state index < -0.39 is 10.0 Å². The fourth-order valence-electron chi connectivity index (χ4n) is 3.07. The van der Waals surface area contributed by atoms with E-state index in [9.17, 15) is 18.0 Å². The molecule has 1 fully saturated rings. The number of hydrogen-bond acceptors (Lipinski definition) is 4. The minimum absolute atomic E-state index is 0.0981. The zero-order valence-electron chi connectivity index (χ0n) is 15.8. The molecule has 0 spiro atoms. The largest absolute Gasteiger partial charge is 0.352 e. The van der Waals surface area contributed by atoms with Crippen molar-refractivity contribution in [3.05, 3.63) is 64.6 Å². The molecule has 1 heterocycles. The second kappa shape index (κ2) is 9.51. The van der Waals surface area contributed by atoms with Gasteiger partial charge in [-0.15, -0.1) is 0 Å². The van der Waals surface area contributed by atoms with Gasteiger partial charge in [0.2, 0.25) is 15.9 Å². The first-order valence-electron chi connectivity index (χ1n) is 9.24. The Morgan fingerprint density at radius 2 is 1.55 bits per heavy atom. The monoisotopic (exact) mass is 479 g/mol. The first-order chi connectivity index (χ1) is 13.9. The highest BCUT2D eigenvalue weighted by atomic mass is 79.9. The van der Waals surface area contributed by atoms with E-state index in [-0.39, 0.29) is 42.8 Å². The maximum atomic E-state index is 12.7. The third-order valence-corrected chi connectivity index (χ3v) is 7.14. The van der Waals surface area contributed by atoms with E-state index in [2.05, 4.69) is 21.2 Å². The molecule has 2 aromatic rings. The smallest absolute Gasteiger partial charge is 0.251 e. The number of carbonyl (C=O) groups excluding carboxylic acids is 2. The average molecular weight is 480 g/mol. The number of benzene rings is 2. The maximum absolute atomic E-state index is 12.7. The molecule has 1 saturated heterocycles. The standard InChI is InChI=1S/C20H22BrN3O4S/c21-17-6-8-18(9-7-17)29(27,28)24-14-12-23(13-15-24)19(25)10-11-22-20(26)16-4-2-1-3-5-16/h1-9H,10-15H2,(H,22,26). The average Bonchev–Trinajstić information content (AvgIpc) is 2.74. The van der Waals surface area contributed by atoms with Gasteiger partial charge in [0, 0.05) is 49.2 Å². The quantitative estimate of drug-likeness (QED) is 0.686. The van der Waals surface area contributed by atoms with Gasteiger partial charge in [-0.05, 0) is 36.4 Å². The molecule has 0 atom stereocenters. The van der Waals surface area contributed by atoms with Crippen molar-refractivity contribution in [1.82, 2.24) is 14.5 Å². The van der Waals surface area contributed by atoms with Gasteiger partial charge in [-0.3, -0.25) is 9.59 Å². The zero-order valence-corrected chi connectivity index (χ0v) is 18.2. The van der Waals surface area contributed by atoms with E-state index >= 15 is 0 Å². The Morgan fingerprint density at radius 3 is 2.17 bits per heavy atom. The summed E-state index contributed by atoms with van der Waals surface area (Å²) in [6.07, 6.45) is 0.179. The summed E-state index contributed by atoms with van der Waals surface area (Å²) in [5.74, 6) is -0.317. The third-order valence-electron chi connectivity index (χ3n) is 4.70. The fourth-order valence-corrected chi connectivity index (χ4v) is 4.75. The van der Waals surface area contributed by atoms with Crippen molar-refractivity contribution >= 4 is 37.8 Å². The second-order valence-electron chi connectivity index (χ2n) is 6.61. The molecular weight excluding hydrogens is 458 g/mol. The molecule has 0 saturated carbocycles. The number of sulfonamides is 1. The van der Waals surface area contributed by atoms with Gasteiger partial charge in [0.1, 0.15) is 0 Å². The van der Waals surface area contributed by atoms with Crippen LogP contribution in [0.15, 0.2) is 64.0 Å². The van der Waals surface area contributed by atoms with Crippen LogP contribution in [0.5, 0.6) is 0 Å². The van der Waals surface area contributed by atoms with Crippen LogP contribution in [-0.2, 0) is 14.8 Å². The number of amides is 2. The number of nitrogens with one attached hydrogen (secondary N) is 1. The lowest BCUT2D eigenvalue weighted by Crippen LogP contribution is -2.50. The summed E-state index contributed by atoms with van der Waals surface area (Å²) >= 11 is 3.30. The first-order valence-corrected chi connectivity index (χ1v) is 11.5. The fraction of sp³-hybridized carbons (Fsp3) is 0.300. The molecule has 1 aliphatic heterocycles. The highest BCUT2D eigenvalue weighted by molar-refractivity contribution is 9.10. The van der Waals surface area contributed by atoms with E-state index in [4.69, 9.17) is 0 Å². The van der Waals surface area contributed by atoms with Gasteiger partial charge in [-0.1, -0.05) is 34.1 Å². The SMILES string of the molecule is O=C(NCCC(=O)N1CCN(S(=O)(=O)c2ccc(Br)cc2)CC1)c1ccccc1. The van der Waals surface area contributed by atoms with Gasteiger partial charge in [0.25, 0.3) is 5.91 Å². The molecule has 2 amide bonds.